The SMILES string of the molecule is CC(C)(CN1CCNCC1)c1ccc(Br)c(F)c1. The largest absolute Gasteiger partial charge is 0.314 e. The zero-order valence-electron chi connectivity index (χ0n) is 11.0. The van der Waals surface area contributed by atoms with Gasteiger partial charge >= 0.3 is 0 Å². The Morgan fingerprint density at radius 2 is 2.00 bits per heavy atom. The zero-order chi connectivity index (χ0) is 13.2. The molecule has 2 rings (SSSR count). The highest BCUT2D eigenvalue weighted by Gasteiger charge is 2.25. The highest BCUT2D eigenvalue weighted by molar-refractivity contribution is 9.10. The lowest BCUT2D eigenvalue weighted by atomic mass is 9.84. The summed E-state index contributed by atoms with van der Waals surface area (Å²) in [4.78, 5) is 2.44. The maximum absolute atomic E-state index is 13.6. The second kappa shape index (κ2) is 5.68. The molecule has 0 aromatic heterocycles. The second-order valence-corrected chi connectivity index (χ2v) is 6.39. The summed E-state index contributed by atoms with van der Waals surface area (Å²) in [5.41, 5.74) is 1.03. The van der Waals surface area contributed by atoms with Gasteiger partial charge in [-0.1, -0.05) is 19.9 Å². The van der Waals surface area contributed by atoms with Gasteiger partial charge in [0.25, 0.3) is 0 Å². The van der Waals surface area contributed by atoms with Gasteiger partial charge in [0.1, 0.15) is 5.82 Å². The molecule has 1 aliphatic rings. The molecule has 0 radical (unpaired) electrons. The lowest BCUT2D eigenvalue weighted by Gasteiger charge is -2.35. The first-order valence-corrected chi connectivity index (χ1v) is 7.17. The molecule has 1 N–H and O–H groups in total. The third-order valence-corrected chi connectivity index (χ3v) is 4.17. The van der Waals surface area contributed by atoms with E-state index in [1.54, 1.807) is 12.1 Å². The van der Waals surface area contributed by atoms with Gasteiger partial charge in [-0.2, -0.15) is 0 Å². The van der Waals surface area contributed by atoms with Crippen LogP contribution in [0.3, 0.4) is 0 Å². The quantitative estimate of drug-likeness (QED) is 0.923. The van der Waals surface area contributed by atoms with Crippen LogP contribution in [-0.4, -0.2) is 37.6 Å². The van der Waals surface area contributed by atoms with E-state index >= 15 is 0 Å². The Labute approximate surface area is 117 Å². The van der Waals surface area contributed by atoms with Crippen molar-refractivity contribution in [3.63, 3.8) is 0 Å². The van der Waals surface area contributed by atoms with E-state index in [0.29, 0.717) is 4.47 Å². The maximum atomic E-state index is 13.6. The number of rotatable bonds is 3. The van der Waals surface area contributed by atoms with Crippen molar-refractivity contribution in [2.75, 3.05) is 32.7 Å². The summed E-state index contributed by atoms with van der Waals surface area (Å²) in [6.45, 7) is 9.56. The van der Waals surface area contributed by atoms with Crippen molar-refractivity contribution in [2.24, 2.45) is 0 Å². The highest BCUT2D eigenvalue weighted by atomic mass is 79.9. The zero-order valence-corrected chi connectivity index (χ0v) is 12.6. The van der Waals surface area contributed by atoms with Crippen molar-refractivity contribution >= 4 is 15.9 Å². The lowest BCUT2D eigenvalue weighted by Crippen LogP contribution is -2.47. The summed E-state index contributed by atoms with van der Waals surface area (Å²) < 4.78 is 14.1. The minimum absolute atomic E-state index is 0.0289. The number of halogens is 2. The van der Waals surface area contributed by atoms with Crippen molar-refractivity contribution in [1.82, 2.24) is 10.2 Å². The average Bonchev–Trinajstić information content (AvgIpc) is 2.33. The van der Waals surface area contributed by atoms with Gasteiger partial charge in [0.05, 0.1) is 4.47 Å². The molecule has 0 atom stereocenters. The van der Waals surface area contributed by atoms with E-state index in [2.05, 4.69) is 40.0 Å². The predicted molar refractivity (Wildman–Crippen MR) is 76.4 cm³/mol. The molecule has 0 bridgehead atoms. The highest BCUT2D eigenvalue weighted by Crippen LogP contribution is 2.27. The van der Waals surface area contributed by atoms with Crippen LogP contribution in [-0.2, 0) is 5.41 Å². The topological polar surface area (TPSA) is 15.3 Å². The van der Waals surface area contributed by atoms with Gasteiger partial charge in [0.2, 0.25) is 0 Å². The summed E-state index contributed by atoms with van der Waals surface area (Å²) in [6, 6.07) is 5.45. The Morgan fingerprint density at radius 3 is 2.61 bits per heavy atom. The molecule has 0 spiro atoms. The van der Waals surface area contributed by atoms with Crippen molar-refractivity contribution < 1.29 is 4.39 Å². The molecule has 1 aromatic rings. The third-order valence-electron chi connectivity index (χ3n) is 3.53. The van der Waals surface area contributed by atoms with E-state index in [9.17, 15) is 4.39 Å². The molecular weight excluding hydrogens is 295 g/mol. The second-order valence-electron chi connectivity index (χ2n) is 5.54. The fraction of sp³-hybridized carbons (Fsp3) is 0.571. The summed E-state index contributed by atoms with van der Waals surface area (Å²) in [7, 11) is 0. The molecule has 1 fully saturated rings. The van der Waals surface area contributed by atoms with Crippen LogP contribution in [0.2, 0.25) is 0 Å². The number of nitrogens with one attached hydrogen (secondary N) is 1. The number of nitrogens with zero attached hydrogens (tertiary/aromatic N) is 1. The molecule has 1 aliphatic heterocycles. The van der Waals surface area contributed by atoms with Gasteiger partial charge in [0, 0.05) is 38.1 Å². The van der Waals surface area contributed by atoms with Crippen LogP contribution in [0, 0.1) is 5.82 Å². The van der Waals surface area contributed by atoms with Crippen molar-refractivity contribution in [3.8, 4) is 0 Å². The summed E-state index contributed by atoms with van der Waals surface area (Å²) in [5.74, 6) is -0.180. The van der Waals surface area contributed by atoms with E-state index < -0.39 is 0 Å². The minimum atomic E-state index is -0.180. The van der Waals surface area contributed by atoms with Crippen molar-refractivity contribution in [2.45, 2.75) is 19.3 Å². The molecule has 1 heterocycles. The number of hydrogen-bond donors (Lipinski definition) is 1. The lowest BCUT2D eigenvalue weighted by molar-refractivity contribution is 0.199. The van der Waals surface area contributed by atoms with Crippen LogP contribution in [0.1, 0.15) is 19.4 Å². The van der Waals surface area contributed by atoms with Crippen LogP contribution in [0.5, 0.6) is 0 Å². The predicted octanol–water partition coefficient (Wildman–Crippen LogP) is 2.77. The molecule has 1 aromatic carbocycles. The Kier molecular flexibility index (Phi) is 4.41. The summed E-state index contributed by atoms with van der Waals surface area (Å²) in [5, 5.41) is 3.35. The smallest absolute Gasteiger partial charge is 0.137 e. The van der Waals surface area contributed by atoms with E-state index in [1.807, 2.05) is 6.07 Å². The van der Waals surface area contributed by atoms with Crippen molar-refractivity contribution in [1.29, 1.82) is 0 Å². The summed E-state index contributed by atoms with van der Waals surface area (Å²) in [6.07, 6.45) is 0. The molecule has 4 heteroatoms. The summed E-state index contributed by atoms with van der Waals surface area (Å²) >= 11 is 3.20. The Morgan fingerprint density at radius 1 is 1.33 bits per heavy atom. The van der Waals surface area contributed by atoms with Crippen LogP contribution in [0.4, 0.5) is 4.39 Å². The van der Waals surface area contributed by atoms with Gasteiger partial charge < -0.3 is 5.32 Å². The molecule has 100 valence electrons. The van der Waals surface area contributed by atoms with Crippen LogP contribution >= 0.6 is 15.9 Å². The fourth-order valence-corrected chi connectivity index (χ4v) is 2.68. The van der Waals surface area contributed by atoms with E-state index in [1.165, 1.54) is 0 Å². The molecule has 18 heavy (non-hydrogen) atoms. The van der Waals surface area contributed by atoms with Gasteiger partial charge in [0.15, 0.2) is 0 Å². The van der Waals surface area contributed by atoms with Crippen molar-refractivity contribution in [3.05, 3.63) is 34.1 Å². The molecule has 0 aliphatic carbocycles. The molecular formula is C14H20BrFN2. The van der Waals surface area contributed by atoms with E-state index in [4.69, 9.17) is 0 Å². The Hall–Kier alpha value is -0.450. The number of piperazine rings is 1. The van der Waals surface area contributed by atoms with Gasteiger partial charge in [-0.05, 0) is 33.6 Å². The first kappa shape index (κ1) is 14.0. The normalized spacial score (nSPS) is 18.0. The third kappa shape index (κ3) is 3.31. The van der Waals surface area contributed by atoms with Gasteiger partial charge in [-0.25, -0.2) is 4.39 Å². The molecule has 2 nitrogen and oxygen atoms in total. The molecule has 0 saturated carbocycles. The maximum Gasteiger partial charge on any atom is 0.137 e. The average molecular weight is 315 g/mol. The van der Waals surface area contributed by atoms with Gasteiger partial charge in [-0.3, -0.25) is 4.90 Å². The standard InChI is InChI=1S/C14H20BrFN2/c1-14(2,10-18-7-5-17-6-8-18)11-3-4-12(15)13(16)9-11/h3-4,9,17H,5-8,10H2,1-2H3. The number of benzene rings is 1. The first-order valence-electron chi connectivity index (χ1n) is 6.38. The van der Waals surface area contributed by atoms with Gasteiger partial charge in [-0.15, -0.1) is 0 Å². The minimum Gasteiger partial charge on any atom is -0.314 e. The number of hydrogen-bond acceptors (Lipinski definition) is 2. The fourth-order valence-electron chi connectivity index (χ4n) is 2.44. The first-order chi connectivity index (χ1) is 8.49. The Balaban J connectivity index is 2.10. The molecule has 1 saturated heterocycles. The van der Waals surface area contributed by atoms with E-state index in [-0.39, 0.29) is 11.2 Å². The van der Waals surface area contributed by atoms with Crippen LogP contribution < -0.4 is 5.32 Å². The van der Waals surface area contributed by atoms with E-state index in [0.717, 1.165) is 38.3 Å². The van der Waals surface area contributed by atoms with Crippen LogP contribution in [0.15, 0.2) is 22.7 Å². The molecule has 0 amide bonds. The van der Waals surface area contributed by atoms with Crippen LogP contribution in [0.25, 0.3) is 0 Å². The monoisotopic (exact) mass is 314 g/mol. The molecule has 0 unspecified atom stereocenters. The Bertz CT molecular complexity index is 414.